The van der Waals surface area contributed by atoms with Crippen LogP contribution in [0.25, 0.3) is 22.3 Å². The highest BCUT2D eigenvalue weighted by Gasteiger charge is 2.61. The molecule has 2 aromatic carbocycles. The van der Waals surface area contributed by atoms with Gasteiger partial charge in [-0.3, -0.25) is 4.68 Å². The van der Waals surface area contributed by atoms with Gasteiger partial charge in [-0.05, 0) is 40.5 Å². The Morgan fingerprint density at radius 1 is 1.09 bits per heavy atom. The van der Waals surface area contributed by atoms with E-state index < -0.39 is 23.2 Å². The molecule has 170 valence electrons. The van der Waals surface area contributed by atoms with Gasteiger partial charge in [0.05, 0.1) is 13.2 Å². The van der Waals surface area contributed by atoms with Gasteiger partial charge in [0.15, 0.2) is 5.82 Å². The Balaban J connectivity index is 1.53. The van der Waals surface area contributed by atoms with E-state index in [-0.39, 0.29) is 22.3 Å². The Kier molecular flexibility index (Phi) is 4.82. The van der Waals surface area contributed by atoms with Crippen LogP contribution < -0.4 is 0 Å². The molecule has 1 aliphatic rings. The molecule has 0 amide bonds. The van der Waals surface area contributed by atoms with Gasteiger partial charge in [-0.2, -0.15) is 23.1 Å². The Bertz CT molecular complexity index is 1340. The first-order chi connectivity index (χ1) is 15.7. The predicted molar refractivity (Wildman–Crippen MR) is 109 cm³/mol. The van der Waals surface area contributed by atoms with E-state index in [0.29, 0.717) is 30.8 Å². The highest BCUT2D eigenvalue weighted by Crippen LogP contribution is 2.57. The van der Waals surface area contributed by atoms with Crippen molar-refractivity contribution < 1.29 is 22.7 Å². The van der Waals surface area contributed by atoms with Crippen LogP contribution in [0.4, 0.5) is 17.6 Å². The van der Waals surface area contributed by atoms with Crippen LogP contribution in [0.2, 0.25) is 0 Å². The van der Waals surface area contributed by atoms with Crippen LogP contribution in [0, 0.1) is 5.82 Å². The molecule has 0 fully saturated rings. The van der Waals surface area contributed by atoms with Gasteiger partial charge in [-0.25, -0.2) is 4.39 Å². The zero-order valence-electron chi connectivity index (χ0n) is 17.4. The van der Waals surface area contributed by atoms with Crippen molar-refractivity contribution in [1.82, 2.24) is 30.0 Å². The standard InChI is InChI=1S/C22H18F4N6O/c1-31-29-19(28-30-31)7-4-8-32-12-13(11-27-32)16-9-14(23)10-18-20(16)15-5-2-3-6-17(15)21(18,33)22(24,25)26/h2-3,5-6,9-12,33H,4,7-8H2,1H3. The second-order valence-corrected chi connectivity index (χ2v) is 7.92. The van der Waals surface area contributed by atoms with Crippen LogP contribution >= 0.6 is 0 Å². The summed E-state index contributed by atoms with van der Waals surface area (Å²) >= 11 is 0. The van der Waals surface area contributed by atoms with Gasteiger partial charge in [0.25, 0.3) is 0 Å². The lowest BCUT2D eigenvalue weighted by Gasteiger charge is -2.28. The third-order valence-electron chi connectivity index (χ3n) is 5.77. The molecule has 0 saturated heterocycles. The molecule has 0 bridgehead atoms. The highest BCUT2D eigenvalue weighted by atomic mass is 19.4. The monoisotopic (exact) mass is 458 g/mol. The van der Waals surface area contributed by atoms with Crippen LogP contribution in [-0.4, -0.2) is 41.3 Å². The van der Waals surface area contributed by atoms with Gasteiger partial charge in [0.1, 0.15) is 5.82 Å². The van der Waals surface area contributed by atoms with E-state index in [1.54, 1.807) is 24.0 Å². The second kappa shape index (κ2) is 7.48. The summed E-state index contributed by atoms with van der Waals surface area (Å²) in [7, 11) is 1.67. The summed E-state index contributed by atoms with van der Waals surface area (Å²) in [4.78, 5) is 1.37. The third-order valence-corrected chi connectivity index (χ3v) is 5.77. The van der Waals surface area contributed by atoms with Gasteiger partial charge in [-0.1, -0.05) is 24.3 Å². The summed E-state index contributed by atoms with van der Waals surface area (Å²) in [5.41, 5.74) is -3.09. The number of aliphatic hydroxyl groups is 1. The molecule has 1 unspecified atom stereocenters. The molecule has 0 aliphatic heterocycles. The van der Waals surface area contributed by atoms with Gasteiger partial charge in [0.2, 0.25) is 5.60 Å². The summed E-state index contributed by atoms with van der Waals surface area (Å²) in [5.74, 6) is -0.281. The topological polar surface area (TPSA) is 81.7 Å². The number of hydrogen-bond donors (Lipinski definition) is 1. The smallest absolute Gasteiger partial charge is 0.372 e. The third kappa shape index (κ3) is 3.39. The first kappa shape index (κ1) is 21.3. The minimum atomic E-state index is -5.03. The maximum atomic E-state index is 14.5. The Morgan fingerprint density at radius 2 is 1.88 bits per heavy atom. The molecule has 11 heteroatoms. The molecular formula is C22H18F4N6O. The van der Waals surface area contributed by atoms with Gasteiger partial charge in [0, 0.05) is 35.9 Å². The molecule has 1 atom stereocenters. The number of nitrogens with zero attached hydrogens (tertiary/aromatic N) is 6. The number of aromatic nitrogens is 6. The molecular weight excluding hydrogens is 440 g/mol. The largest absolute Gasteiger partial charge is 0.425 e. The van der Waals surface area contributed by atoms with E-state index in [4.69, 9.17) is 0 Å². The molecule has 1 aliphatic carbocycles. The Hall–Kier alpha value is -3.60. The van der Waals surface area contributed by atoms with Gasteiger partial charge in [-0.15, -0.1) is 10.2 Å². The lowest BCUT2D eigenvalue weighted by molar-refractivity contribution is -0.246. The number of aryl methyl sites for hydroxylation is 3. The van der Waals surface area contributed by atoms with Crippen molar-refractivity contribution in [2.24, 2.45) is 7.05 Å². The lowest BCUT2D eigenvalue weighted by atomic mass is 9.89. The molecule has 33 heavy (non-hydrogen) atoms. The molecule has 7 nitrogen and oxygen atoms in total. The molecule has 1 N–H and O–H groups in total. The van der Waals surface area contributed by atoms with E-state index in [1.165, 1.54) is 35.3 Å². The molecule has 2 aromatic heterocycles. The van der Waals surface area contributed by atoms with Crippen molar-refractivity contribution in [2.75, 3.05) is 0 Å². The quantitative estimate of drug-likeness (QED) is 0.462. The van der Waals surface area contributed by atoms with Crippen molar-refractivity contribution in [3.63, 3.8) is 0 Å². The molecule has 5 rings (SSSR count). The van der Waals surface area contributed by atoms with Crippen LogP contribution in [0.15, 0.2) is 48.8 Å². The van der Waals surface area contributed by atoms with Crippen LogP contribution in [0.5, 0.6) is 0 Å². The molecule has 4 aromatic rings. The number of tetrazole rings is 1. The van der Waals surface area contributed by atoms with E-state index in [2.05, 4.69) is 20.5 Å². The highest BCUT2D eigenvalue weighted by molar-refractivity contribution is 5.92. The van der Waals surface area contributed by atoms with Crippen molar-refractivity contribution in [3.05, 3.63) is 71.6 Å². The molecule has 0 saturated carbocycles. The maximum absolute atomic E-state index is 14.5. The fourth-order valence-corrected chi connectivity index (χ4v) is 4.32. The van der Waals surface area contributed by atoms with E-state index in [0.717, 1.165) is 6.07 Å². The van der Waals surface area contributed by atoms with Crippen molar-refractivity contribution in [3.8, 4) is 22.3 Å². The summed E-state index contributed by atoms with van der Waals surface area (Å²) in [6, 6.07) is 7.64. The molecule has 0 radical (unpaired) electrons. The minimum absolute atomic E-state index is 0.148. The zero-order valence-corrected chi connectivity index (χ0v) is 17.4. The van der Waals surface area contributed by atoms with Crippen molar-refractivity contribution in [2.45, 2.75) is 31.2 Å². The summed E-state index contributed by atoms with van der Waals surface area (Å²) in [6.07, 6.45) is -0.678. The number of benzene rings is 2. The number of alkyl halides is 3. The number of fused-ring (bicyclic) bond motifs is 3. The lowest BCUT2D eigenvalue weighted by Crippen LogP contribution is -2.41. The van der Waals surface area contributed by atoms with E-state index in [1.807, 2.05) is 0 Å². The summed E-state index contributed by atoms with van der Waals surface area (Å²) < 4.78 is 58.3. The number of halogens is 4. The molecule has 2 heterocycles. The van der Waals surface area contributed by atoms with Crippen LogP contribution in [0.1, 0.15) is 23.4 Å². The Labute approximate surface area is 185 Å². The normalized spacial score (nSPS) is 17.3. The average Bonchev–Trinajstić information content (AvgIpc) is 3.46. The summed E-state index contributed by atoms with van der Waals surface area (Å²) in [5, 5.41) is 26.9. The first-order valence-electron chi connectivity index (χ1n) is 10.2. The summed E-state index contributed by atoms with van der Waals surface area (Å²) in [6.45, 7) is 0.499. The van der Waals surface area contributed by atoms with Gasteiger partial charge < -0.3 is 5.11 Å². The van der Waals surface area contributed by atoms with Crippen LogP contribution in [-0.2, 0) is 25.6 Å². The van der Waals surface area contributed by atoms with E-state index >= 15 is 0 Å². The molecule has 0 spiro atoms. The zero-order chi connectivity index (χ0) is 23.4. The average molecular weight is 458 g/mol. The number of rotatable bonds is 5. The van der Waals surface area contributed by atoms with Crippen LogP contribution in [0.3, 0.4) is 0 Å². The fourth-order valence-electron chi connectivity index (χ4n) is 4.32. The number of hydrogen-bond acceptors (Lipinski definition) is 5. The first-order valence-corrected chi connectivity index (χ1v) is 10.2. The predicted octanol–water partition coefficient (Wildman–Crippen LogP) is 3.62. The van der Waals surface area contributed by atoms with Crippen molar-refractivity contribution >= 4 is 0 Å². The second-order valence-electron chi connectivity index (χ2n) is 7.92. The van der Waals surface area contributed by atoms with E-state index in [9.17, 15) is 22.7 Å². The van der Waals surface area contributed by atoms with Crippen molar-refractivity contribution in [1.29, 1.82) is 0 Å². The fraction of sp³-hybridized carbons (Fsp3) is 0.273. The minimum Gasteiger partial charge on any atom is -0.372 e. The maximum Gasteiger partial charge on any atom is 0.425 e. The Morgan fingerprint density at radius 3 is 2.61 bits per heavy atom. The SMILES string of the molecule is Cn1nnc(CCCn2cc(-c3cc(F)cc4c3-c3ccccc3C4(O)C(F)(F)F)cn2)n1. The van der Waals surface area contributed by atoms with Gasteiger partial charge >= 0.3 is 6.18 Å².